The molecule has 0 saturated heterocycles. The van der Waals surface area contributed by atoms with Crippen molar-refractivity contribution in [3.8, 4) is 5.88 Å². The summed E-state index contributed by atoms with van der Waals surface area (Å²) in [6.07, 6.45) is 2.11. The Kier molecular flexibility index (Phi) is 4.51. The summed E-state index contributed by atoms with van der Waals surface area (Å²) in [5, 5.41) is 11.2. The number of hydrogen-bond donors (Lipinski definition) is 2. The quantitative estimate of drug-likeness (QED) is 0.606. The zero-order chi connectivity index (χ0) is 16.1. The maximum absolute atomic E-state index is 11.7. The molecular formula is C12H13N5O5. The fourth-order valence-corrected chi connectivity index (χ4v) is 1.51. The van der Waals surface area contributed by atoms with Crippen molar-refractivity contribution in [3.05, 3.63) is 40.6 Å². The highest BCUT2D eigenvalue weighted by atomic mass is 16.6. The molecule has 0 spiro atoms. The van der Waals surface area contributed by atoms with Crippen LogP contribution in [-0.4, -0.2) is 26.9 Å². The minimum absolute atomic E-state index is 0.0443. The number of ether oxygens (including phenoxy) is 1. The number of rotatable bonds is 6. The average Bonchev–Trinajstić information content (AvgIpc) is 2.98. The second-order valence-electron chi connectivity index (χ2n) is 4.36. The molecule has 0 saturated carbocycles. The first-order chi connectivity index (χ1) is 10.5. The van der Waals surface area contributed by atoms with Gasteiger partial charge < -0.3 is 9.15 Å². The summed E-state index contributed by atoms with van der Waals surface area (Å²) in [6.45, 7) is 3.41. The number of nitrogens with zero attached hydrogens (tertiary/aromatic N) is 3. The lowest BCUT2D eigenvalue weighted by atomic mass is 10.4. The zero-order valence-electron chi connectivity index (χ0n) is 11.8. The fourth-order valence-electron chi connectivity index (χ4n) is 1.51. The molecule has 1 amide bonds. The van der Waals surface area contributed by atoms with Crippen molar-refractivity contribution in [1.82, 2.24) is 15.4 Å². The second-order valence-corrected chi connectivity index (χ2v) is 4.36. The monoisotopic (exact) mass is 307 g/mol. The molecule has 10 heteroatoms. The van der Waals surface area contributed by atoms with Crippen LogP contribution in [0.2, 0.25) is 0 Å². The van der Waals surface area contributed by atoms with Gasteiger partial charge in [0.1, 0.15) is 6.33 Å². The average molecular weight is 307 g/mol. The molecule has 22 heavy (non-hydrogen) atoms. The van der Waals surface area contributed by atoms with Crippen LogP contribution in [-0.2, 0) is 0 Å². The van der Waals surface area contributed by atoms with Gasteiger partial charge in [-0.3, -0.25) is 25.8 Å². The molecule has 2 aromatic rings. The zero-order valence-corrected chi connectivity index (χ0v) is 11.8. The van der Waals surface area contributed by atoms with E-state index in [2.05, 4.69) is 20.8 Å². The van der Waals surface area contributed by atoms with Gasteiger partial charge in [0.15, 0.2) is 5.76 Å². The van der Waals surface area contributed by atoms with E-state index in [1.54, 1.807) is 13.8 Å². The maximum Gasteiger partial charge on any atom is 0.374 e. The number of furan rings is 1. The summed E-state index contributed by atoms with van der Waals surface area (Å²) >= 11 is 0. The van der Waals surface area contributed by atoms with Crippen LogP contribution in [0.3, 0.4) is 0 Å². The highest BCUT2D eigenvalue weighted by Gasteiger charge is 2.25. The van der Waals surface area contributed by atoms with E-state index in [-0.39, 0.29) is 23.6 Å². The second kappa shape index (κ2) is 6.52. The van der Waals surface area contributed by atoms with E-state index in [0.29, 0.717) is 0 Å². The highest BCUT2D eigenvalue weighted by molar-refractivity contribution is 5.92. The number of hydrazine groups is 1. The van der Waals surface area contributed by atoms with E-state index in [0.717, 1.165) is 6.33 Å². The molecule has 10 nitrogen and oxygen atoms in total. The Hall–Kier alpha value is -3.17. The van der Waals surface area contributed by atoms with Crippen LogP contribution < -0.4 is 15.6 Å². The van der Waals surface area contributed by atoms with Gasteiger partial charge in [-0.2, -0.15) is 4.98 Å². The number of nitro groups is 1. The van der Waals surface area contributed by atoms with Gasteiger partial charge in [-0.25, -0.2) is 4.98 Å². The molecule has 0 aliphatic carbocycles. The molecule has 0 aliphatic rings. The van der Waals surface area contributed by atoms with E-state index in [9.17, 15) is 14.9 Å². The summed E-state index contributed by atoms with van der Waals surface area (Å²) in [5.74, 6) is -0.951. The van der Waals surface area contributed by atoms with Crippen LogP contribution in [0.25, 0.3) is 0 Å². The van der Waals surface area contributed by atoms with E-state index < -0.39 is 16.5 Å². The number of carbonyl (C=O) groups excluding carboxylic acids is 1. The molecule has 2 aromatic heterocycles. The number of anilines is 1. The maximum atomic E-state index is 11.7. The lowest BCUT2D eigenvalue weighted by Gasteiger charge is -2.11. The van der Waals surface area contributed by atoms with E-state index in [1.807, 2.05) is 0 Å². The molecule has 0 fully saturated rings. The minimum atomic E-state index is -0.695. The van der Waals surface area contributed by atoms with Gasteiger partial charge in [0.05, 0.1) is 17.3 Å². The molecule has 0 unspecified atom stereocenters. The van der Waals surface area contributed by atoms with Crippen LogP contribution in [0.5, 0.6) is 5.88 Å². The van der Waals surface area contributed by atoms with Crippen molar-refractivity contribution in [2.45, 2.75) is 20.0 Å². The number of amides is 1. The van der Waals surface area contributed by atoms with Crippen LogP contribution in [0, 0.1) is 10.1 Å². The normalized spacial score (nSPS) is 10.3. The molecule has 0 bridgehead atoms. The van der Waals surface area contributed by atoms with E-state index in [4.69, 9.17) is 9.15 Å². The van der Waals surface area contributed by atoms with Gasteiger partial charge in [0.25, 0.3) is 5.88 Å². The first kappa shape index (κ1) is 15.2. The molecule has 0 atom stereocenters. The Morgan fingerprint density at radius 3 is 2.82 bits per heavy atom. The Balaban J connectivity index is 2.19. The van der Waals surface area contributed by atoms with Gasteiger partial charge in [-0.15, -0.1) is 0 Å². The summed E-state index contributed by atoms with van der Waals surface area (Å²) < 4.78 is 10.2. The third-order valence-electron chi connectivity index (χ3n) is 2.36. The fraction of sp³-hybridized carbons (Fsp3) is 0.250. The van der Waals surface area contributed by atoms with Crippen molar-refractivity contribution in [2.24, 2.45) is 0 Å². The van der Waals surface area contributed by atoms with Crippen LogP contribution >= 0.6 is 0 Å². The lowest BCUT2D eigenvalue weighted by Crippen LogP contribution is -2.30. The Bertz CT molecular complexity index is 671. The number of carbonyl (C=O) groups is 1. The third-order valence-corrected chi connectivity index (χ3v) is 2.36. The third kappa shape index (κ3) is 3.48. The summed E-state index contributed by atoms with van der Waals surface area (Å²) in [6, 6.07) is 2.98. The molecule has 0 aliphatic heterocycles. The molecule has 116 valence electrons. The molecule has 2 heterocycles. The molecule has 0 radical (unpaired) electrons. The Morgan fingerprint density at radius 1 is 1.45 bits per heavy atom. The predicted octanol–water partition coefficient (Wildman–Crippen LogP) is 1.52. The number of hydrogen-bond acceptors (Lipinski definition) is 8. The Morgan fingerprint density at radius 2 is 2.23 bits per heavy atom. The standard InChI is InChI=1S/C12H13N5O5/c1-7(2)22-12-9(17(19)20)10(13-6-14-12)15-16-11(18)8-4-3-5-21-8/h3-7H,1-2H3,(H,16,18)(H,13,14,15). The van der Waals surface area contributed by atoms with E-state index >= 15 is 0 Å². The SMILES string of the molecule is CC(C)Oc1ncnc(NNC(=O)c2ccco2)c1[N+](=O)[O-]. The molecule has 2 N–H and O–H groups in total. The van der Waals surface area contributed by atoms with Crippen molar-refractivity contribution in [1.29, 1.82) is 0 Å². The molecule has 0 aromatic carbocycles. The topological polar surface area (TPSA) is 132 Å². The summed E-state index contributed by atoms with van der Waals surface area (Å²) in [4.78, 5) is 29.7. The highest BCUT2D eigenvalue weighted by Crippen LogP contribution is 2.30. The first-order valence-electron chi connectivity index (χ1n) is 6.25. The van der Waals surface area contributed by atoms with Gasteiger partial charge in [0, 0.05) is 0 Å². The Labute approximate surface area is 124 Å². The lowest BCUT2D eigenvalue weighted by molar-refractivity contribution is -0.385. The van der Waals surface area contributed by atoms with Crippen molar-refractivity contribution in [3.63, 3.8) is 0 Å². The van der Waals surface area contributed by atoms with Crippen molar-refractivity contribution < 1.29 is 18.9 Å². The van der Waals surface area contributed by atoms with Crippen LogP contribution in [0.15, 0.2) is 29.1 Å². The van der Waals surface area contributed by atoms with Crippen molar-refractivity contribution >= 4 is 17.4 Å². The largest absolute Gasteiger partial charge is 0.470 e. The van der Waals surface area contributed by atoms with Crippen LogP contribution in [0.4, 0.5) is 11.5 Å². The first-order valence-corrected chi connectivity index (χ1v) is 6.25. The van der Waals surface area contributed by atoms with Gasteiger partial charge >= 0.3 is 11.6 Å². The predicted molar refractivity (Wildman–Crippen MR) is 74.2 cm³/mol. The molecule has 2 rings (SSSR count). The van der Waals surface area contributed by atoms with Gasteiger partial charge in [-0.1, -0.05) is 0 Å². The minimum Gasteiger partial charge on any atom is -0.470 e. The summed E-state index contributed by atoms with van der Waals surface area (Å²) in [5.41, 5.74) is 4.13. The van der Waals surface area contributed by atoms with Gasteiger partial charge in [0.2, 0.25) is 5.82 Å². The van der Waals surface area contributed by atoms with Gasteiger partial charge in [-0.05, 0) is 26.0 Å². The number of nitrogens with one attached hydrogen (secondary N) is 2. The van der Waals surface area contributed by atoms with Crippen LogP contribution in [0.1, 0.15) is 24.4 Å². The summed E-state index contributed by atoms with van der Waals surface area (Å²) in [7, 11) is 0. The van der Waals surface area contributed by atoms with Crippen molar-refractivity contribution in [2.75, 3.05) is 5.43 Å². The molecular weight excluding hydrogens is 294 g/mol. The smallest absolute Gasteiger partial charge is 0.374 e. The van der Waals surface area contributed by atoms with E-state index in [1.165, 1.54) is 18.4 Å². The number of aromatic nitrogens is 2.